The van der Waals surface area contributed by atoms with Crippen LogP contribution in [0.2, 0.25) is 0 Å². The third-order valence-electron chi connectivity index (χ3n) is 4.27. The second kappa shape index (κ2) is 6.00. The van der Waals surface area contributed by atoms with Crippen molar-refractivity contribution in [2.24, 2.45) is 0 Å². The van der Waals surface area contributed by atoms with Gasteiger partial charge in [-0.1, -0.05) is 0 Å². The molecule has 22 heavy (non-hydrogen) atoms. The molecule has 2 fully saturated rings. The van der Waals surface area contributed by atoms with Crippen molar-refractivity contribution in [3.63, 3.8) is 0 Å². The molecule has 0 saturated carbocycles. The van der Waals surface area contributed by atoms with Crippen LogP contribution < -0.4 is 20.9 Å². The molecular weight excluding hydrogens is 282 g/mol. The maximum absolute atomic E-state index is 11.2. The molecule has 2 unspecified atom stereocenters. The van der Waals surface area contributed by atoms with Crippen LogP contribution in [-0.2, 0) is 4.79 Å². The number of nitrogens with zero attached hydrogens (tertiary/aromatic N) is 3. The number of hydrogen-bond donors (Lipinski definition) is 3. The van der Waals surface area contributed by atoms with Crippen molar-refractivity contribution in [2.45, 2.75) is 31.9 Å². The highest BCUT2D eigenvalue weighted by molar-refractivity contribution is 5.73. The number of rotatable bonds is 3. The molecule has 0 radical (unpaired) electrons. The third kappa shape index (κ3) is 3.09. The van der Waals surface area contributed by atoms with E-state index in [-0.39, 0.29) is 18.1 Å². The molecule has 1 amide bonds. The van der Waals surface area contributed by atoms with Crippen molar-refractivity contribution in [2.75, 3.05) is 41.7 Å². The number of pyridine rings is 1. The number of nitrogens with one attached hydrogen (secondary N) is 1. The van der Waals surface area contributed by atoms with E-state index in [2.05, 4.69) is 15.2 Å². The Morgan fingerprint density at radius 3 is 2.77 bits per heavy atom. The SMILES string of the molecule is CC(=O)NC1CCN(c2ccc(N)c(N3CCC(O)C3)n2)C1. The van der Waals surface area contributed by atoms with Crippen molar-refractivity contribution < 1.29 is 9.90 Å². The molecule has 4 N–H and O–H groups in total. The Balaban J connectivity index is 1.74. The molecule has 7 nitrogen and oxygen atoms in total. The molecule has 0 spiro atoms. The van der Waals surface area contributed by atoms with Crippen LogP contribution in [0, 0.1) is 0 Å². The molecule has 2 atom stereocenters. The molecule has 3 rings (SSSR count). The van der Waals surface area contributed by atoms with Crippen molar-refractivity contribution >= 4 is 23.2 Å². The van der Waals surface area contributed by atoms with Gasteiger partial charge in [-0.2, -0.15) is 0 Å². The summed E-state index contributed by atoms with van der Waals surface area (Å²) < 4.78 is 0. The highest BCUT2D eigenvalue weighted by atomic mass is 16.3. The standard InChI is InChI=1S/C15H23N5O2/c1-10(21)17-11-4-6-19(8-11)14-3-2-13(16)15(18-14)20-7-5-12(22)9-20/h2-3,11-12,22H,4-9,16H2,1H3,(H,17,21). The fraction of sp³-hybridized carbons (Fsp3) is 0.600. The molecule has 2 saturated heterocycles. The Labute approximate surface area is 130 Å². The summed E-state index contributed by atoms with van der Waals surface area (Å²) in [4.78, 5) is 20.0. The van der Waals surface area contributed by atoms with Crippen LogP contribution in [0.25, 0.3) is 0 Å². The summed E-state index contributed by atoms with van der Waals surface area (Å²) in [6.45, 7) is 4.52. The van der Waals surface area contributed by atoms with Crippen LogP contribution in [0.4, 0.5) is 17.3 Å². The first-order chi connectivity index (χ1) is 10.5. The molecule has 7 heteroatoms. The Morgan fingerprint density at radius 1 is 1.32 bits per heavy atom. The van der Waals surface area contributed by atoms with E-state index in [4.69, 9.17) is 5.73 Å². The monoisotopic (exact) mass is 305 g/mol. The number of hydrogen-bond acceptors (Lipinski definition) is 6. The first-order valence-corrected chi connectivity index (χ1v) is 7.74. The van der Waals surface area contributed by atoms with E-state index in [1.807, 2.05) is 17.0 Å². The van der Waals surface area contributed by atoms with Gasteiger partial charge in [0.05, 0.1) is 11.8 Å². The van der Waals surface area contributed by atoms with Crippen LogP contribution in [0.3, 0.4) is 0 Å². The Bertz CT molecular complexity index is 565. The molecule has 0 aliphatic carbocycles. The molecule has 2 aliphatic rings. The van der Waals surface area contributed by atoms with Crippen LogP contribution in [-0.4, -0.2) is 54.3 Å². The minimum Gasteiger partial charge on any atom is -0.396 e. The lowest BCUT2D eigenvalue weighted by atomic mass is 10.2. The number of aromatic nitrogens is 1. The maximum atomic E-state index is 11.2. The molecule has 120 valence electrons. The zero-order valence-corrected chi connectivity index (χ0v) is 12.8. The van der Waals surface area contributed by atoms with E-state index in [0.29, 0.717) is 12.2 Å². The predicted molar refractivity (Wildman–Crippen MR) is 85.9 cm³/mol. The van der Waals surface area contributed by atoms with Gasteiger partial charge >= 0.3 is 0 Å². The molecule has 2 aliphatic heterocycles. The predicted octanol–water partition coefficient (Wildman–Crippen LogP) is -0.0504. The number of anilines is 3. The van der Waals surface area contributed by atoms with Gasteiger partial charge in [0.25, 0.3) is 0 Å². The zero-order valence-electron chi connectivity index (χ0n) is 12.8. The van der Waals surface area contributed by atoms with Crippen LogP contribution in [0.15, 0.2) is 12.1 Å². The van der Waals surface area contributed by atoms with Crippen molar-refractivity contribution in [1.82, 2.24) is 10.3 Å². The average Bonchev–Trinajstić information content (AvgIpc) is 3.08. The van der Waals surface area contributed by atoms with E-state index in [1.54, 1.807) is 6.92 Å². The zero-order chi connectivity index (χ0) is 15.7. The quantitative estimate of drug-likeness (QED) is 0.725. The van der Waals surface area contributed by atoms with Gasteiger partial charge in [0, 0.05) is 39.1 Å². The number of β-amino-alcohol motifs (C(OH)–C–C–N with tert-alkyl or cyclic N) is 1. The van der Waals surface area contributed by atoms with Gasteiger partial charge in [0.1, 0.15) is 5.82 Å². The van der Waals surface area contributed by atoms with Crippen LogP contribution in [0.5, 0.6) is 0 Å². The van der Waals surface area contributed by atoms with Crippen molar-refractivity contribution in [3.8, 4) is 0 Å². The van der Waals surface area contributed by atoms with Crippen LogP contribution >= 0.6 is 0 Å². The summed E-state index contributed by atoms with van der Waals surface area (Å²) >= 11 is 0. The van der Waals surface area contributed by atoms with Gasteiger partial charge in [-0.3, -0.25) is 4.79 Å². The average molecular weight is 305 g/mol. The third-order valence-corrected chi connectivity index (χ3v) is 4.27. The number of carbonyl (C=O) groups is 1. The summed E-state index contributed by atoms with van der Waals surface area (Å²) in [5, 5.41) is 12.6. The molecule has 0 bridgehead atoms. The number of aliphatic hydroxyl groups excluding tert-OH is 1. The number of carbonyl (C=O) groups excluding carboxylic acids is 1. The van der Waals surface area contributed by atoms with Crippen LogP contribution in [0.1, 0.15) is 19.8 Å². The molecule has 0 aromatic carbocycles. The van der Waals surface area contributed by atoms with Gasteiger partial charge in [-0.25, -0.2) is 4.98 Å². The van der Waals surface area contributed by atoms with E-state index in [1.165, 1.54) is 0 Å². The van der Waals surface area contributed by atoms with Gasteiger partial charge < -0.3 is 26.0 Å². The Kier molecular flexibility index (Phi) is 4.06. The number of aliphatic hydroxyl groups is 1. The van der Waals surface area contributed by atoms with E-state index >= 15 is 0 Å². The minimum absolute atomic E-state index is 0.00357. The lowest BCUT2D eigenvalue weighted by molar-refractivity contribution is -0.119. The van der Waals surface area contributed by atoms with Gasteiger partial charge in [-0.05, 0) is 25.0 Å². The molecule has 1 aromatic heterocycles. The second-order valence-corrected chi connectivity index (χ2v) is 6.10. The summed E-state index contributed by atoms with van der Waals surface area (Å²) in [5.74, 6) is 1.62. The van der Waals surface area contributed by atoms with Gasteiger partial charge in [-0.15, -0.1) is 0 Å². The number of amides is 1. The lowest BCUT2D eigenvalue weighted by Gasteiger charge is -2.23. The largest absolute Gasteiger partial charge is 0.396 e. The molecular formula is C15H23N5O2. The fourth-order valence-corrected chi connectivity index (χ4v) is 3.19. The highest BCUT2D eigenvalue weighted by Crippen LogP contribution is 2.28. The molecule has 3 heterocycles. The van der Waals surface area contributed by atoms with Gasteiger partial charge in [0.2, 0.25) is 5.91 Å². The normalized spacial score (nSPS) is 24.8. The number of nitrogens with two attached hydrogens (primary N) is 1. The fourth-order valence-electron chi connectivity index (χ4n) is 3.19. The molecule has 1 aromatic rings. The van der Waals surface area contributed by atoms with E-state index in [9.17, 15) is 9.90 Å². The summed E-state index contributed by atoms with van der Waals surface area (Å²) in [6, 6.07) is 3.96. The van der Waals surface area contributed by atoms with E-state index < -0.39 is 0 Å². The first-order valence-electron chi connectivity index (χ1n) is 7.74. The Hall–Kier alpha value is -2.02. The summed E-state index contributed by atoms with van der Waals surface area (Å²) in [6.07, 6.45) is 1.36. The summed E-state index contributed by atoms with van der Waals surface area (Å²) in [7, 11) is 0. The topological polar surface area (TPSA) is 94.7 Å². The second-order valence-electron chi connectivity index (χ2n) is 6.10. The first kappa shape index (κ1) is 14.9. The lowest BCUT2D eigenvalue weighted by Crippen LogP contribution is -2.35. The highest BCUT2D eigenvalue weighted by Gasteiger charge is 2.27. The summed E-state index contributed by atoms with van der Waals surface area (Å²) in [5.41, 5.74) is 6.68. The van der Waals surface area contributed by atoms with Gasteiger partial charge in [0.15, 0.2) is 5.82 Å². The Morgan fingerprint density at radius 2 is 2.09 bits per heavy atom. The maximum Gasteiger partial charge on any atom is 0.217 e. The van der Waals surface area contributed by atoms with E-state index in [0.717, 1.165) is 44.1 Å². The van der Waals surface area contributed by atoms with Crippen molar-refractivity contribution in [3.05, 3.63) is 12.1 Å². The number of nitrogen functional groups attached to an aromatic ring is 1. The minimum atomic E-state index is -0.305. The smallest absolute Gasteiger partial charge is 0.217 e. The van der Waals surface area contributed by atoms with Crippen molar-refractivity contribution in [1.29, 1.82) is 0 Å².